The van der Waals surface area contributed by atoms with Gasteiger partial charge in [0.1, 0.15) is 5.56 Å². The summed E-state index contributed by atoms with van der Waals surface area (Å²) in [5, 5.41) is 7.41. The normalized spacial score (nSPS) is 14.1. The van der Waals surface area contributed by atoms with E-state index < -0.39 is 0 Å². The lowest BCUT2D eigenvalue weighted by Crippen LogP contribution is -2.23. The third-order valence-corrected chi connectivity index (χ3v) is 5.15. The van der Waals surface area contributed by atoms with Crippen LogP contribution in [0.2, 0.25) is 0 Å². The van der Waals surface area contributed by atoms with E-state index in [-0.39, 0.29) is 5.91 Å². The molecular weight excluding hydrogens is 380 g/mol. The highest BCUT2D eigenvalue weighted by molar-refractivity contribution is 9.10. The van der Waals surface area contributed by atoms with Crippen LogP contribution in [-0.2, 0) is 19.4 Å². The fourth-order valence-electron chi connectivity index (χ4n) is 3.36. The van der Waals surface area contributed by atoms with Gasteiger partial charge in [-0.05, 0) is 48.9 Å². The minimum Gasteiger partial charge on any atom is -0.348 e. The van der Waals surface area contributed by atoms with E-state index in [4.69, 9.17) is 0 Å². The predicted molar refractivity (Wildman–Crippen MR) is 99.6 cm³/mol. The number of hydrogen-bond acceptors (Lipinski definition) is 3. The molecule has 1 aliphatic carbocycles. The Labute approximate surface area is 154 Å². The first kappa shape index (κ1) is 16.3. The second kappa shape index (κ2) is 6.96. The van der Waals surface area contributed by atoms with Gasteiger partial charge in [0.05, 0.1) is 6.20 Å². The molecule has 2 heterocycles. The molecule has 0 fully saturated rings. The molecule has 6 heteroatoms. The zero-order valence-corrected chi connectivity index (χ0v) is 15.4. The van der Waals surface area contributed by atoms with Gasteiger partial charge >= 0.3 is 0 Å². The molecule has 0 unspecified atom stereocenters. The van der Waals surface area contributed by atoms with Gasteiger partial charge in [-0.1, -0.05) is 34.5 Å². The molecule has 1 amide bonds. The van der Waals surface area contributed by atoms with Gasteiger partial charge in [0, 0.05) is 22.9 Å². The Balaban J connectivity index is 1.59. The van der Waals surface area contributed by atoms with Crippen molar-refractivity contribution in [3.63, 3.8) is 0 Å². The van der Waals surface area contributed by atoms with Gasteiger partial charge in [-0.15, -0.1) is 0 Å². The van der Waals surface area contributed by atoms with Gasteiger partial charge in [-0.3, -0.25) is 4.79 Å². The zero-order valence-electron chi connectivity index (χ0n) is 13.8. The summed E-state index contributed by atoms with van der Waals surface area (Å²) >= 11 is 3.45. The van der Waals surface area contributed by atoms with Crippen molar-refractivity contribution in [1.29, 1.82) is 0 Å². The number of aromatic nitrogens is 3. The predicted octanol–water partition coefficient (Wildman–Crippen LogP) is 3.69. The van der Waals surface area contributed by atoms with Gasteiger partial charge in [0.25, 0.3) is 5.91 Å². The number of aryl methyl sites for hydroxylation is 2. The number of carbonyl (C=O) groups is 1. The SMILES string of the molecule is O=C(NCc1cccc(Br)c1)c1cnn2c3c(cnc12)CCCCC3. The van der Waals surface area contributed by atoms with E-state index in [0.717, 1.165) is 29.3 Å². The Kier molecular flexibility index (Phi) is 4.53. The first-order valence-electron chi connectivity index (χ1n) is 8.59. The molecule has 0 bridgehead atoms. The van der Waals surface area contributed by atoms with Gasteiger partial charge in [0.2, 0.25) is 0 Å². The molecule has 0 atom stereocenters. The summed E-state index contributed by atoms with van der Waals surface area (Å²) in [6, 6.07) is 7.90. The maximum absolute atomic E-state index is 12.6. The third-order valence-electron chi connectivity index (χ3n) is 4.66. The summed E-state index contributed by atoms with van der Waals surface area (Å²) in [5.41, 5.74) is 4.68. The highest BCUT2D eigenvalue weighted by atomic mass is 79.9. The highest BCUT2D eigenvalue weighted by Crippen LogP contribution is 2.22. The number of nitrogens with one attached hydrogen (secondary N) is 1. The summed E-state index contributed by atoms with van der Waals surface area (Å²) in [6.07, 6.45) is 9.18. The Hall–Kier alpha value is -2.21. The molecule has 0 aliphatic heterocycles. The Morgan fingerprint density at radius 1 is 1.20 bits per heavy atom. The van der Waals surface area contributed by atoms with Gasteiger partial charge < -0.3 is 5.32 Å². The van der Waals surface area contributed by atoms with Crippen molar-refractivity contribution in [2.75, 3.05) is 0 Å². The molecule has 1 aliphatic rings. The topological polar surface area (TPSA) is 59.3 Å². The fourth-order valence-corrected chi connectivity index (χ4v) is 3.80. The van der Waals surface area contributed by atoms with Crippen LogP contribution in [0.4, 0.5) is 0 Å². The maximum atomic E-state index is 12.6. The maximum Gasteiger partial charge on any atom is 0.257 e. The van der Waals surface area contributed by atoms with Crippen LogP contribution >= 0.6 is 15.9 Å². The number of amides is 1. The van der Waals surface area contributed by atoms with Crippen molar-refractivity contribution in [2.24, 2.45) is 0 Å². The van der Waals surface area contributed by atoms with Gasteiger partial charge in [0.15, 0.2) is 5.65 Å². The molecule has 1 N–H and O–H groups in total. The Morgan fingerprint density at radius 2 is 2.08 bits per heavy atom. The molecule has 0 radical (unpaired) electrons. The largest absolute Gasteiger partial charge is 0.348 e. The van der Waals surface area contributed by atoms with E-state index in [2.05, 4.69) is 31.3 Å². The van der Waals surface area contributed by atoms with Crippen LogP contribution in [0.25, 0.3) is 5.65 Å². The summed E-state index contributed by atoms with van der Waals surface area (Å²) in [5.74, 6) is -0.143. The number of carbonyl (C=O) groups excluding carboxylic acids is 1. The summed E-state index contributed by atoms with van der Waals surface area (Å²) < 4.78 is 2.86. The van der Waals surface area contributed by atoms with E-state index in [0.29, 0.717) is 17.8 Å². The van der Waals surface area contributed by atoms with E-state index in [9.17, 15) is 4.79 Å². The van der Waals surface area contributed by atoms with Crippen LogP contribution in [0.15, 0.2) is 41.1 Å². The molecule has 0 saturated carbocycles. The molecule has 1 aromatic carbocycles. The molecular formula is C19H19BrN4O. The first-order chi connectivity index (χ1) is 12.2. The monoisotopic (exact) mass is 398 g/mol. The number of nitrogens with zero attached hydrogens (tertiary/aromatic N) is 3. The van der Waals surface area contributed by atoms with E-state index in [1.54, 1.807) is 6.20 Å². The van der Waals surface area contributed by atoms with Crippen molar-refractivity contribution in [3.8, 4) is 0 Å². The lowest BCUT2D eigenvalue weighted by molar-refractivity contribution is 0.0952. The lowest BCUT2D eigenvalue weighted by Gasteiger charge is -2.08. The van der Waals surface area contributed by atoms with Crippen LogP contribution in [0, 0.1) is 0 Å². The number of hydrogen-bond donors (Lipinski definition) is 1. The molecule has 25 heavy (non-hydrogen) atoms. The molecule has 0 spiro atoms. The molecule has 0 saturated heterocycles. The van der Waals surface area contributed by atoms with E-state index in [1.165, 1.54) is 24.1 Å². The Bertz CT molecular complexity index is 934. The Morgan fingerprint density at radius 3 is 2.96 bits per heavy atom. The average Bonchev–Trinajstić information content (AvgIpc) is 2.90. The molecule has 4 rings (SSSR count). The van der Waals surface area contributed by atoms with Crippen LogP contribution < -0.4 is 5.32 Å². The second-order valence-corrected chi connectivity index (χ2v) is 7.31. The number of fused-ring (bicyclic) bond motifs is 3. The van der Waals surface area contributed by atoms with Crippen molar-refractivity contribution < 1.29 is 4.79 Å². The van der Waals surface area contributed by atoms with Gasteiger partial charge in [-0.25, -0.2) is 9.50 Å². The molecule has 128 valence electrons. The summed E-state index contributed by atoms with van der Waals surface area (Å²) in [4.78, 5) is 17.1. The standard InChI is InChI=1S/C19H19BrN4O/c20-15-7-4-5-13(9-15)10-22-19(25)16-12-23-24-17-8-3-1-2-6-14(17)11-21-18(16)24/h4-5,7,9,11-12H,1-3,6,8,10H2,(H,22,25). The quantitative estimate of drug-likeness (QED) is 0.684. The lowest BCUT2D eigenvalue weighted by atomic mass is 10.1. The van der Waals surface area contributed by atoms with Crippen molar-refractivity contribution >= 4 is 27.5 Å². The second-order valence-electron chi connectivity index (χ2n) is 6.40. The van der Waals surface area contributed by atoms with Crippen LogP contribution in [0.5, 0.6) is 0 Å². The smallest absolute Gasteiger partial charge is 0.257 e. The molecule has 5 nitrogen and oxygen atoms in total. The van der Waals surface area contributed by atoms with Crippen LogP contribution in [0.3, 0.4) is 0 Å². The van der Waals surface area contributed by atoms with Gasteiger partial charge in [-0.2, -0.15) is 5.10 Å². The molecule has 3 aromatic rings. The summed E-state index contributed by atoms with van der Waals surface area (Å²) in [7, 11) is 0. The minimum atomic E-state index is -0.143. The number of benzene rings is 1. The average molecular weight is 399 g/mol. The van der Waals surface area contributed by atoms with Crippen molar-refractivity contribution in [2.45, 2.75) is 38.6 Å². The van der Waals surface area contributed by atoms with Crippen molar-refractivity contribution in [3.05, 3.63) is 63.5 Å². The highest BCUT2D eigenvalue weighted by Gasteiger charge is 2.18. The van der Waals surface area contributed by atoms with Crippen molar-refractivity contribution in [1.82, 2.24) is 19.9 Å². The summed E-state index contributed by atoms with van der Waals surface area (Å²) in [6.45, 7) is 0.473. The minimum absolute atomic E-state index is 0.143. The van der Waals surface area contributed by atoms with E-state index in [1.807, 2.05) is 35.0 Å². The zero-order chi connectivity index (χ0) is 17.2. The van der Waals surface area contributed by atoms with Crippen LogP contribution in [-0.4, -0.2) is 20.5 Å². The number of halogens is 1. The first-order valence-corrected chi connectivity index (χ1v) is 9.39. The third kappa shape index (κ3) is 3.31. The van der Waals surface area contributed by atoms with Crippen LogP contribution in [0.1, 0.15) is 46.4 Å². The number of rotatable bonds is 3. The van der Waals surface area contributed by atoms with E-state index >= 15 is 0 Å². The fraction of sp³-hybridized carbons (Fsp3) is 0.316. The molecule has 2 aromatic heterocycles.